The molecule has 6 nitrogen and oxygen atoms in total. The number of benzene rings is 2. The van der Waals surface area contributed by atoms with Crippen LogP contribution in [0.1, 0.15) is 19.8 Å². The van der Waals surface area contributed by atoms with E-state index in [0.29, 0.717) is 5.71 Å². The number of ether oxygens (including phenoxy) is 2. The largest absolute Gasteiger partial charge is 0.497 e. The van der Waals surface area contributed by atoms with Gasteiger partial charge in [-0.15, -0.1) is 0 Å². The standard InChI is InChI=1S/C24H25N3O3/c1-4-5-14-25-23-21-20(16-6-10-18(28-2)11-7-16)22(30-24(21)27-15-26-23)17-8-12-19(29-3)13-9-17/h6-13,15H,4-5,14H2,1-3H3,(H,25,26,27). The Bertz CT molecular complexity index is 1120. The minimum absolute atomic E-state index is 0.556. The van der Waals surface area contributed by atoms with E-state index in [2.05, 4.69) is 22.2 Å². The molecule has 30 heavy (non-hydrogen) atoms. The first-order valence-electron chi connectivity index (χ1n) is 10.0. The van der Waals surface area contributed by atoms with Crippen LogP contribution in [0.3, 0.4) is 0 Å². The SMILES string of the molecule is CCCCNc1ncnc2oc(-c3ccc(OC)cc3)c(-c3ccc(OC)cc3)c12. The Morgan fingerprint density at radius 1 is 0.867 bits per heavy atom. The van der Waals surface area contributed by atoms with Crippen LogP contribution >= 0.6 is 0 Å². The van der Waals surface area contributed by atoms with Gasteiger partial charge in [0.2, 0.25) is 5.71 Å². The van der Waals surface area contributed by atoms with E-state index in [1.54, 1.807) is 14.2 Å². The average Bonchev–Trinajstić information content (AvgIpc) is 3.20. The normalized spacial score (nSPS) is 10.9. The van der Waals surface area contributed by atoms with Gasteiger partial charge in [-0.3, -0.25) is 0 Å². The quantitative estimate of drug-likeness (QED) is 0.376. The molecular formula is C24H25N3O3. The number of hydrogen-bond donors (Lipinski definition) is 1. The molecule has 2 aromatic heterocycles. The molecule has 0 bridgehead atoms. The van der Waals surface area contributed by atoms with Crippen molar-refractivity contribution in [3.8, 4) is 33.9 Å². The molecule has 0 unspecified atom stereocenters. The summed E-state index contributed by atoms with van der Waals surface area (Å²) < 4.78 is 16.9. The first-order chi connectivity index (χ1) is 14.7. The summed E-state index contributed by atoms with van der Waals surface area (Å²) in [5, 5.41) is 4.33. The van der Waals surface area contributed by atoms with E-state index in [4.69, 9.17) is 13.9 Å². The van der Waals surface area contributed by atoms with Crippen LogP contribution in [-0.4, -0.2) is 30.7 Å². The highest BCUT2D eigenvalue weighted by Gasteiger charge is 2.22. The fraction of sp³-hybridized carbons (Fsp3) is 0.250. The third kappa shape index (κ3) is 3.81. The van der Waals surface area contributed by atoms with E-state index in [1.807, 2.05) is 48.5 Å². The van der Waals surface area contributed by atoms with Crippen LogP contribution < -0.4 is 14.8 Å². The Labute approximate surface area is 175 Å². The van der Waals surface area contributed by atoms with Crippen molar-refractivity contribution in [2.45, 2.75) is 19.8 Å². The average molecular weight is 403 g/mol. The lowest BCUT2D eigenvalue weighted by molar-refractivity contribution is 0.414. The topological polar surface area (TPSA) is 69.4 Å². The van der Waals surface area contributed by atoms with E-state index >= 15 is 0 Å². The van der Waals surface area contributed by atoms with Crippen LogP contribution in [0.4, 0.5) is 5.82 Å². The molecule has 2 aromatic carbocycles. The zero-order chi connectivity index (χ0) is 20.9. The van der Waals surface area contributed by atoms with E-state index in [1.165, 1.54) is 6.33 Å². The molecule has 0 aliphatic carbocycles. The number of unbranched alkanes of at least 4 members (excludes halogenated alkanes) is 1. The molecule has 0 amide bonds. The maximum Gasteiger partial charge on any atom is 0.232 e. The zero-order valence-corrected chi connectivity index (χ0v) is 17.4. The fourth-order valence-corrected chi connectivity index (χ4v) is 3.43. The van der Waals surface area contributed by atoms with Crippen molar-refractivity contribution >= 4 is 16.9 Å². The number of nitrogens with one attached hydrogen (secondary N) is 1. The summed E-state index contributed by atoms with van der Waals surface area (Å²) in [5.41, 5.74) is 3.46. The molecule has 0 atom stereocenters. The number of furan rings is 1. The Balaban J connectivity index is 1.91. The predicted molar refractivity (Wildman–Crippen MR) is 119 cm³/mol. The summed E-state index contributed by atoms with van der Waals surface area (Å²) in [6.07, 6.45) is 3.71. The van der Waals surface area contributed by atoms with Crippen molar-refractivity contribution < 1.29 is 13.9 Å². The first kappa shape index (κ1) is 19.8. The van der Waals surface area contributed by atoms with Gasteiger partial charge >= 0.3 is 0 Å². The van der Waals surface area contributed by atoms with Crippen LogP contribution in [-0.2, 0) is 0 Å². The molecule has 0 radical (unpaired) electrons. The highest BCUT2D eigenvalue weighted by Crippen LogP contribution is 2.43. The second-order valence-corrected chi connectivity index (χ2v) is 6.95. The summed E-state index contributed by atoms with van der Waals surface area (Å²) in [5.74, 6) is 3.12. The van der Waals surface area contributed by atoms with Crippen molar-refractivity contribution in [2.24, 2.45) is 0 Å². The van der Waals surface area contributed by atoms with E-state index in [9.17, 15) is 0 Å². The molecule has 1 N–H and O–H groups in total. The van der Waals surface area contributed by atoms with Crippen molar-refractivity contribution in [2.75, 3.05) is 26.1 Å². The molecule has 6 heteroatoms. The lowest BCUT2D eigenvalue weighted by atomic mass is 9.99. The van der Waals surface area contributed by atoms with Gasteiger partial charge in [0, 0.05) is 17.7 Å². The second-order valence-electron chi connectivity index (χ2n) is 6.95. The monoisotopic (exact) mass is 403 g/mol. The van der Waals surface area contributed by atoms with Crippen LogP contribution in [0.15, 0.2) is 59.3 Å². The molecule has 0 saturated heterocycles. The van der Waals surface area contributed by atoms with Crippen molar-refractivity contribution in [3.63, 3.8) is 0 Å². The number of rotatable bonds is 8. The van der Waals surface area contributed by atoms with Crippen molar-refractivity contribution in [3.05, 3.63) is 54.9 Å². The highest BCUT2D eigenvalue weighted by atomic mass is 16.5. The summed E-state index contributed by atoms with van der Waals surface area (Å²) in [6, 6.07) is 15.8. The van der Waals surface area contributed by atoms with Gasteiger partial charge < -0.3 is 19.2 Å². The smallest absolute Gasteiger partial charge is 0.232 e. The van der Waals surface area contributed by atoms with E-state index in [-0.39, 0.29) is 0 Å². The van der Waals surface area contributed by atoms with Crippen molar-refractivity contribution in [1.82, 2.24) is 9.97 Å². The van der Waals surface area contributed by atoms with Gasteiger partial charge in [-0.05, 0) is 48.4 Å². The lowest BCUT2D eigenvalue weighted by Crippen LogP contribution is -2.03. The molecule has 0 aliphatic heterocycles. The predicted octanol–water partition coefficient (Wildman–Crippen LogP) is 5.79. The lowest BCUT2D eigenvalue weighted by Gasteiger charge is -2.09. The summed E-state index contributed by atoms with van der Waals surface area (Å²) in [7, 11) is 3.32. The third-order valence-corrected chi connectivity index (χ3v) is 5.04. The number of nitrogens with zero attached hydrogens (tertiary/aromatic N) is 2. The highest BCUT2D eigenvalue weighted by molar-refractivity contribution is 6.05. The fourth-order valence-electron chi connectivity index (χ4n) is 3.43. The molecule has 0 aliphatic rings. The number of aromatic nitrogens is 2. The Morgan fingerprint density at radius 3 is 2.10 bits per heavy atom. The second kappa shape index (κ2) is 8.86. The van der Waals surface area contributed by atoms with Crippen LogP contribution in [0.25, 0.3) is 33.6 Å². The number of anilines is 1. The summed E-state index contributed by atoms with van der Waals surface area (Å²) in [4.78, 5) is 8.91. The Hall–Kier alpha value is -3.54. The first-order valence-corrected chi connectivity index (χ1v) is 10.0. The van der Waals surface area contributed by atoms with Crippen LogP contribution in [0.5, 0.6) is 11.5 Å². The van der Waals surface area contributed by atoms with Gasteiger partial charge in [0.15, 0.2) is 0 Å². The minimum Gasteiger partial charge on any atom is -0.497 e. The number of hydrogen-bond acceptors (Lipinski definition) is 6. The van der Waals surface area contributed by atoms with Gasteiger partial charge in [0.1, 0.15) is 29.4 Å². The third-order valence-electron chi connectivity index (χ3n) is 5.04. The van der Waals surface area contributed by atoms with Crippen LogP contribution in [0, 0.1) is 0 Å². The molecular weight excluding hydrogens is 378 g/mol. The molecule has 4 rings (SSSR count). The zero-order valence-electron chi connectivity index (χ0n) is 17.4. The van der Waals surface area contributed by atoms with Gasteiger partial charge in [-0.25, -0.2) is 9.97 Å². The van der Waals surface area contributed by atoms with Gasteiger partial charge in [-0.1, -0.05) is 25.5 Å². The minimum atomic E-state index is 0.556. The Kier molecular flexibility index (Phi) is 5.84. The Morgan fingerprint density at radius 2 is 1.50 bits per heavy atom. The molecule has 0 saturated carbocycles. The van der Waals surface area contributed by atoms with Gasteiger partial charge in [-0.2, -0.15) is 0 Å². The van der Waals surface area contributed by atoms with Gasteiger partial charge in [0.05, 0.1) is 19.6 Å². The summed E-state index contributed by atoms with van der Waals surface area (Å²) >= 11 is 0. The maximum atomic E-state index is 6.25. The van der Waals surface area contributed by atoms with E-state index < -0.39 is 0 Å². The molecule has 2 heterocycles. The van der Waals surface area contributed by atoms with E-state index in [0.717, 1.165) is 64.5 Å². The molecule has 4 aromatic rings. The van der Waals surface area contributed by atoms with Crippen LogP contribution in [0.2, 0.25) is 0 Å². The molecule has 154 valence electrons. The van der Waals surface area contributed by atoms with Gasteiger partial charge in [0.25, 0.3) is 0 Å². The van der Waals surface area contributed by atoms with Crippen molar-refractivity contribution in [1.29, 1.82) is 0 Å². The molecule has 0 spiro atoms. The maximum absolute atomic E-state index is 6.25. The molecule has 0 fully saturated rings. The summed E-state index contributed by atoms with van der Waals surface area (Å²) in [6.45, 7) is 3.01. The number of methoxy groups -OCH3 is 2. The number of fused-ring (bicyclic) bond motifs is 1.